The monoisotopic (exact) mass is 428 g/mol. The fourth-order valence-corrected chi connectivity index (χ4v) is 4.31. The van der Waals surface area contributed by atoms with Crippen LogP contribution in [-0.2, 0) is 22.7 Å². The summed E-state index contributed by atoms with van der Waals surface area (Å²) in [6.07, 6.45) is -1.45. The van der Waals surface area contributed by atoms with E-state index in [9.17, 15) is 14.7 Å². The van der Waals surface area contributed by atoms with E-state index in [1.807, 2.05) is 18.2 Å². The summed E-state index contributed by atoms with van der Waals surface area (Å²) in [6.45, 7) is 0.242. The standard InChI is InChI=1S/C19H13BrN2O5/c1-26-14-3-2-12-10(15(14)20)4-8-6-22-13(16(8)21-12)5-9-11(18(22)24)7-27-19(25)17(9)23/h2-5,17,23H,6-7H2,1H3/t17-/m0/s1. The summed E-state index contributed by atoms with van der Waals surface area (Å²) in [5.74, 6) is -0.0428. The minimum atomic E-state index is -1.45. The Balaban J connectivity index is 1.77. The number of pyridine rings is 2. The first-order valence-corrected chi connectivity index (χ1v) is 9.06. The number of cyclic esters (lactones) is 1. The molecule has 5 rings (SSSR count). The van der Waals surface area contributed by atoms with E-state index < -0.39 is 12.1 Å². The van der Waals surface area contributed by atoms with Gasteiger partial charge >= 0.3 is 5.97 Å². The second-order valence-corrected chi connectivity index (χ2v) is 7.30. The van der Waals surface area contributed by atoms with E-state index in [4.69, 9.17) is 14.5 Å². The van der Waals surface area contributed by atoms with Crippen LogP contribution in [0.2, 0.25) is 0 Å². The average Bonchev–Trinajstić information content (AvgIpc) is 3.02. The Hall–Kier alpha value is -2.71. The fraction of sp³-hybridized carbons (Fsp3) is 0.211. The van der Waals surface area contributed by atoms with Crippen molar-refractivity contribution in [3.63, 3.8) is 0 Å². The number of nitrogens with zero attached hydrogens (tertiary/aromatic N) is 2. The minimum Gasteiger partial charge on any atom is -0.496 e. The maximum atomic E-state index is 12.9. The van der Waals surface area contributed by atoms with Crippen LogP contribution < -0.4 is 10.3 Å². The first kappa shape index (κ1) is 16.5. The van der Waals surface area contributed by atoms with Crippen LogP contribution in [-0.4, -0.2) is 27.7 Å². The van der Waals surface area contributed by atoms with E-state index in [1.165, 1.54) is 0 Å². The summed E-state index contributed by atoms with van der Waals surface area (Å²) < 4.78 is 12.6. The van der Waals surface area contributed by atoms with Gasteiger partial charge in [-0.15, -0.1) is 0 Å². The van der Waals surface area contributed by atoms with Gasteiger partial charge in [0.2, 0.25) is 0 Å². The smallest absolute Gasteiger partial charge is 0.340 e. The number of esters is 1. The molecule has 0 unspecified atom stereocenters. The number of halogens is 1. The SMILES string of the molecule is COc1ccc2nc3c(cc2c1Br)Cn1c-3cc2c(c1=O)COC(=O)[C@H]2O. The molecule has 1 atom stereocenters. The predicted octanol–water partition coefficient (Wildman–Crippen LogP) is 2.29. The van der Waals surface area contributed by atoms with Crippen molar-refractivity contribution in [3.8, 4) is 17.1 Å². The third-order valence-electron chi connectivity index (χ3n) is 5.08. The molecule has 2 aliphatic heterocycles. The molecule has 8 heteroatoms. The molecule has 0 spiro atoms. The number of benzene rings is 1. The number of methoxy groups -OCH3 is 1. The molecule has 2 aromatic heterocycles. The first-order valence-electron chi connectivity index (χ1n) is 8.27. The molecule has 0 fully saturated rings. The molecular formula is C19H13BrN2O5. The van der Waals surface area contributed by atoms with Crippen molar-refractivity contribution in [2.45, 2.75) is 19.3 Å². The lowest BCUT2D eigenvalue weighted by Crippen LogP contribution is -2.32. The predicted molar refractivity (Wildman–Crippen MR) is 99.5 cm³/mol. The van der Waals surface area contributed by atoms with Gasteiger partial charge in [-0.1, -0.05) is 0 Å². The highest BCUT2D eigenvalue weighted by atomic mass is 79.9. The van der Waals surface area contributed by atoms with Crippen LogP contribution in [0.1, 0.15) is 22.8 Å². The van der Waals surface area contributed by atoms with E-state index in [2.05, 4.69) is 15.9 Å². The van der Waals surface area contributed by atoms with Crippen molar-refractivity contribution >= 4 is 32.8 Å². The quantitative estimate of drug-likeness (QED) is 0.467. The highest BCUT2D eigenvalue weighted by Gasteiger charge is 2.33. The van der Waals surface area contributed by atoms with Gasteiger partial charge in [0.25, 0.3) is 5.56 Å². The number of aliphatic hydroxyl groups is 1. The maximum Gasteiger partial charge on any atom is 0.340 e. The molecular weight excluding hydrogens is 416 g/mol. The van der Waals surface area contributed by atoms with Crippen LogP contribution in [0, 0.1) is 0 Å². The van der Waals surface area contributed by atoms with Crippen molar-refractivity contribution in [1.82, 2.24) is 9.55 Å². The zero-order chi connectivity index (χ0) is 18.9. The van der Waals surface area contributed by atoms with Crippen molar-refractivity contribution in [2.75, 3.05) is 7.11 Å². The van der Waals surface area contributed by atoms with Crippen molar-refractivity contribution < 1.29 is 19.4 Å². The number of aliphatic hydroxyl groups excluding tert-OH is 1. The molecule has 0 amide bonds. The van der Waals surface area contributed by atoms with Crippen LogP contribution >= 0.6 is 15.9 Å². The van der Waals surface area contributed by atoms with Gasteiger partial charge in [-0.25, -0.2) is 9.78 Å². The van der Waals surface area contributed by atoms with Crippen molar-refractivity contribution in [3.05, 3.63) is 55.8 Å². The van der Waals surface area contributed by atoms with Gasteiger partial charge in [-0.05, 0) is 40.2 Å². The molecule has 0 saturated heterocycles. The number of rotatable bonds is 1. The zero-order valence-corrected chi connectivity index (χ0v) is 15.7. The molecule has 27 heavy (non-hydrogen) atoms. The normalized spacial score (nSPS) is 17.3. The largest absolute Gasteiger partial charge is 0.496 e. The van der Waals surface area contributed by atoms with Gasteiger partial charge < -0.3 is 19.1 Å². The number of ether oxygens (including phenoxy) is 2. The number of hydrogen-bond donors (Lipinski definition) is 1. The van der Waals surface area contributed by atoms with Gasteiger partial charge in [-0.3, -0.25) is 4.79 Å². The van der Waals surface area contributed by atoms with Crippen molar-refractivity contribution in [1.29, 1.82) is 0 Å². The lowest BCUT2D eigenvalue weighted by Gasteiger charge is -2.21. The second-order valence-electron chi connectivity index (χ2n) is 6.51. The van der Waals surface area contributed by atoms with Crippen molar-refractivity contribution in [2.24, 2.45) is 0 Å². The number of aromatic nitrogens is 2. The van der Waals surface area contributed by atoms with Crippen LogP contribution in [0.4, 0.5) is 0 Å². The Bertz CT molecular complexity index is 1220. The third kappa shape index (κ3) is 2.20. The van der Waals surface area contributed by atoms with Crippen LogP contribution in [0.5, 0.6) is 5.75 Å². The molecule has 0 aliphatic carbocycles. The summed E-state index contributed by atoms with van der Waals surface area (Å²) in [7, 11) is 1.60. The Labute approximate surface area is 161 Å². The van der Waals surface area contributed by atoms with E-state index in [-0.39, 0.29) is 12.2 Å². The lowest BCUT2D eigenvalue weighted by molar-refractivity contribution is -0.157. The average molecular weight is 429 g/mol. The number of hydrogen-bond acceptors (Lipinski definition) is 6. The third-order valence-corrected chi connectivity index (χ3v) is 5.90. The lowest BCUT2D eigenvalue weighted by atomic mass is 10.0. The number of fused-ring (bicyclic) bond motifs is 5. The zero-order valence-electron chi connectivity index (χ0n) is 14.2. The van der Waals surface area contributed by atoms with E-state index in [0.717, 1.165) is 20.9 Å². The van der Waals surface area contributed by atoms with Gasteiger partial charge in [0, 0.05) is 16.5 Å². The van der Waals surface area contributed by atoms with Gasteiger partial charge in [0.1, 0.15) is 12.4 Å². The van der Waals surface area contributed by atoms with E-state index in [0.29, 0.717) is 34.8 Å². The van der Waals surface area contributed by atoms with Gasteiger partial charge in [-0.2, -0.15) is 0 Å². The minimum absolute atomic E-state index is 0.126. The maximum absolute atomic E-state index is 12.9. The topological polar surface area (TPSA) is 90.7 Å². The van der Waals surface area contributed by atoms with Gasteiger partial charge in [0.15, 0.2) is 6.10 Å². The summed E-state index contributed by atoms with van der Waals surface area (Å²) in [4.78, 5) is 29.3. The summed E-state index contributed by atoms with van der Waals surface area (Å²) in [6, 6.07) is 7.32. The summed E-state index contributed by atoms with van der Waals surface area (Å²) >= 11 is 3.55. The van der Waals surface area contributed by atoms with Crippen LogP contribution in [0.15, 0.2) is 33.5 Å². The molecule has 136 valence electrons. The first-order chi connectivity index (χ1) is 13.0. The van der Waals surface area contributed by atoms with E-state index in [1.54, 1.807) is 17.7 Å². The van der Waals surface area contributed by atoms with Crippen LogP contribution in [0.25, 0.3) is 22.3 Å². The molecule has 2 aliphatic rings. The molecule has 7 nitrogen and oxygen atoms in total. The fourth-order valence-electron chi connectivity index (χ4n) is 3.70. The number of carbonyl (C=O) groups excluding carboxylic acids is 1. The Morgan fingerprint density at radius 3 is 2.93 bits per heavy atom. The Morgan fingerprint density at radius 1 is 1.33 bits per heavy atom. The highest BCUT2D eigenvalue weighted by Crippen LogP contribution is 2.38. The Morgan fingerprint density at radius 2 is 2.15 bits per heavy atom. The molecule has 0 saturated carbocycles. The Kier molecular flexibility index (Phi) is 3.44. The number of carbonyl (C=O) groups is 1. The molecule has 0 bridgehead atoms. The second kappa shape index (κ2) is 5.64. The summed E-state index contributed by atoms with van der Waals surface area (Å²) in [5, 5.41) is 11.0. The molecule has 3 aromatic rings. The van der Waals surface area contributed by atoms with Gasteiger partial charge in [0.05, 0.1) is 40.6 Å². The molecule has 4 heterocycles. The van der Waals surface area contributed by atoms with E-state index >= 15 is 0 Å². The van der Waals surface area contributed by atoms with Crippen LogP contribution in [0.3, 0.4) is 0 Å². The highest BCUT2D eigenvalue weighted by molar-refractivity contribution is 9.10. The summed E-state index contributed by atoms with van der Waals surface area (Å²) in [5.41, 5.74) is 3.24. The molecule has 1 N–H and O–H groups in total. The molecule has 0 radical (unpaired) electrons. The molecule has 1 aromatic carbocycles.